The molecule has 1 nitrogen and oxygen atoms in total. The van der Waals surface area contributed by atoms with E-state index in [0.717, 1.165) is 6.07 Å². The second kappa shape index (κ2) is 3.49. The quantitative estimate of drug-likeness (QED) is 0.730. The zero-order valence-corrected chi connectivity index (χ0v) is 7.63. The van der Waals surface area contributed by atoms with Crippen LogP contribution in [0.25, 0.3) is 0 Å². The van der Waals surface area contributed by atoms with Gasteiger partial charge in [-0.05, 0) is 19.1 Å². The van der Waals surface area contributed by atoms with E-state index >= 15 is 0 Å². The van der Waals surface area contributed by atoms with Crippen LogP contribution in [0, 0.1) is 0 Å². The Bertz CT molecular complexity index is 313. The summed E-state index contributed by atoms with van der Waals surface area (Å²) in [6.07, 6.45) is -4.21. The average Bonchev–Trinajstić information content (AvgIpc) is 2.32. The van der Waals surface area contributed by atoms with E-state index in [1.807, 2.05) is 0 Å². The topological polar surface area (TPSA) is 17.1 Å². The fraction of sp³-hybridized carbons (Fsp3) is 0.375. The van der Waals surface area contributed by atoms with E-state index < -0.39 is 11.1 Å². The molecule has 1 aromatic heterocycles. The van der Waals surface area contributed by atoms with Crippen molar-refractivity contribution in [2.75, 3.05) is 0 Å². The first-order valence-corrected chi connectivity index (χ1v) is 4.36. The lowest BCUT2D eigenvalue weighted by atomic mass is 10.3. The van der Waals surface area contributed by atoms with Gasteiger partial charge in [-0.3, -0.25) is 4.79 Å². The SMILES string of the molecule is CC(=O)Cc1ccc(C(F)(F)F)s1. The highest BCUT2D eigenvalue weighted by molar-refractivity contribution is 7.12. The van der Waals surface area contributed by atoms with Gasteiger partial charge in [0, 0.05) is 11.3 Å². The molecule has 1 heterocycles. The molecule has 0 spiro atoms. The van der Waals surface area contributed by atoms with Gasteiger partial charge in [0.2, 0.25) is 0 Å². The van der Waals surface area contributed by atoms with Gasteiger partial charge in [-0.15, -0.1) is 11.3 Å². The van der Waals surface area contributed by atoms with Crippen LogP contribution in [0.4, 0.5) is 13.2 Å². The fourth-order valence-corrected chi connectivity index (χ4v) is 1.82. The molecule has 1 rings (SSSR count). The second-order valence-corrected chi connectivity index (χ2v) is 3.81. The summed E-state index contributed by atoms with van der Waals surface area (Å²) in [7, 11) is 0. The van der Waals surface area contributed by atoms with E-state index in [4.69, 9.17) is 0 Å². The Balaban J connectivity index is 2.81. The van der Waals surface area contributed by atoms with Crippen LogP contribution in [-0.4, -0.2) is 5.78 Å². The predicted octanol–water partition coefficient (Wildman–Crippen LogP) is 2.90. The van der Waals surface area contributed by atoms with Gasteiger partial charge in [0.05, 0.1) is 0 Å². The van der Waals surface area contributed by atoms with Crippen molar-refractivity contribution in [1.29, 1.82) is 0 Å². The summed E-state index contributed by atoms with van der Waals surface area (Å²) < 4.78 is 36.2. The molecule has 13 heavy (non-hydrogen) atoms. The highest BCUT2D eigenvalue weighted by Crippen LogP contribution is 2.34. The van der Waals surface area contributed by atoms with Gasteiger partial charge < -0.3 is 0 Å². The largest absolute Gasteiger partial charge is 0.425 e. The summed E-state index contributed by atoms with van der Waals surface area (Å²) >= 11 is 0.622. The molecule has 0 aliphatic carbocycles. The van der Waals surface area contributed by atoms with E-state index in [2.05, 4.69) is 0 Å². The minimum atomic E-state index is -4.29. The van der Waals surface area contributed by atoms with Crippen LogP contribution < -0.4 is 0 Å². The van der Waals surface area contributed by atoms with Gasteiger partial charge in [-0.25, -0.2) is 0 Å². The smallest absolute Gasteiger partial charge is 0.300 e. The number of hydrogen-bond acceptors (Lipinski definition) is 2. The third kappa shape index (κ3) is 2.84. The molecule has 0 fully saturated rings. The van der Waals surface area contributed by atoms with E-state index in [0.29, 0.717) is 16.2 Å². The van der Waals surface area contributed by atoms with E-state index in [-0.39, 0.29) is 12.2 Å². The Morgan fingerprint density at radius 1 is 1.46 bits per heavy atom. The van der Waals surface area contributed by atoms with Crippen LogP contribution in [0.3, 0.4) is 0 Å². The maximum absolute atomic E-state index is 12.1. The lowest BCUT2D eigenvalue weighted by Crippen LogP contribution is -2.00. The van der Waals surface area contributed by atoms with E-state index in [9.17, 15) is 18.0 Å². The molecule has 0 aromatic carbocycles. The van der Waals surface area contributed by atoms with Crippen molar-refractivity contribution < 1.29 is 18.0 Å². The third-order valence-corrected chi connectivity index (χ3v) is 2.49. The Morgan fingerprint density at radius 3 is 2.46 bits per heavy atom. The van der Waals surface area contributed by atoms with Gasteiger partial charge in [0.1, 0.15) is 10.7 Å². The standard InChI is InChI=1S/C8H7F3OS/c1-5(12)4-6-2-3-7(13-6)8(9,10)11/h2-3H,4H2,1H3. The van der Waals surface area contributed by atoms with Crippen molar-refractivity contribution in [3.8, 4) is 0 Å². The van der Waals surface area contributed by atoms with Crippen LogP contribution in [-0.2, 0) is 17.4 Å². The first-order valence-electron chi connectivity index (χ1n) is 3.55. The first-order chi connectivity index (χ1) is 5.89. The number of thiophene rings is 1. The van der Waals surface area contributed by atoms with Crippen LogP contribution in [0.5, 0.6) is 0 Å². The Hall–Kier alpha value is -0.840. The zero-order valence-electron chi connectivity index (χ0n) is 6.81. The minimum absolute atomic E-state index is 0.0841. The molecule has 0 N–H and O–H groups in total. The molecule has 0 aliphatic rings. The van der Waals surface area contributed by atoms with Gasteiger partial charge in [0.15, 0.2) is 0 Å². The molecule has 0 aliphatic heterocycles. The number of halogens is 3. The number of carbonyl (C=O) groups is 1. The summed E-state index contributed by atoms with van der Waals surface area (Å²) in [5, 5.41) is 0. The fourth-order valence-electron chi connectivity index (χ4n) is 0.871. The number of carbonyl (C=O) groups excluding carboxylic acids is 1. The maximum atomic E-state index is 12.1. The Kier molecular flexibility index (Phi) is 2.75. The zero-order chi connectivity index (χ0) is 10.1. The second-order valence-electron chi connectivity index (χ2n) is 2.64. The lowest BCUT2D eigenvalue weighted by molar-refractivity contribution is -0.134. The van der Waals surface area contributed by atoms with Gasteiger partial charge in [-0.1, -0.05) is 0 Å². The maximum Gasteiger partial charge on any atom is 0.425 e. The molecule has 0 saturated carbocycles. The van der Waals surface area contributed by atoms with E-state index in [1.54, 1.807) is 0 Å². The Morgan fingerprint density at radius 2 is 2.08 bits per heavy atom. The molecule has 0 amide bonds. The molecule has 1 aromatic rings. The highest BCUT2D eigenvalue weighted by atomic mass is 32.1. The molecule has 0 unspecified atom stereocenters. The molecule has 72 valence electrons. The highest BCUT2D eigenvalue weighted by Gasteiger charge is 2.32. The van der Waals surface area contributed by atoms with Crippen molar-refractivity contribution in [1.82, 2.24) is 0 Å². The average molecular weight is 208 g/mol. The summed E-state index contributed by atoms with van der Waals surface area (Å²) in [5.74, 6) is -0.129. The monoisotopic (exact) mass is 208 g/mol. The van der Waals surface area contributed by atoms with Crippen molar-refractivity contribution >= 4 is 17.1 Å². The Labute approximate surface area is 77.2 Å². The number of Topliss-reactive ketones (excluding diaryl/α,β-unsaturated/α-hetero) is 1. The van der Waals surface area contributed by atoms with Crippen LogP contribution in [0.1, 0.15) is 16.7 Å². The van der Waals surface area contributed by atoms with Gasteiger partial charge in [-0.2, -0.15) is 13.2 Å². The van der Waals surface area contributed by atoms with Crippen molar-refractivity contribution in [3.63, 3.8) is 0 Å². The third-order valence-electron chi connectivity index (χ3n) is 1.36. The normalized spacial score (nSPS) is 11.7. The van der Waals surface area contributed by atoms with Crippen molar-refractivity contribution in [2.24, 2.45) is 0 Å². The number of ketones is 1. The predicted molar refractivity (Wildman–Crippen MR) is 43.7 cm³/mol. The van der Waals surface area contributed by atoms with Crippen LogP contribution >= 0.6 is 11.3 Å². The van der Waals surface area contributed by atoms with E-state index in [1.165, 1.54) is 13.0 Å². The molecular formula is C8H7F3OS. The lowest BCUT2D eigenvalue weighted by Gasteiger charge is -2.00. The molecule has 5 heteroatoms. The number of hydrogen-bond donors (Lipinski definition) is 0. The molecular weight excluding hydrogens is 201 g/mol. The molecule has 0 atom stereocenters. The molecule has 0 radical (unpaired) electrons. The minimum Gasteiger partial charge on any atom is -0.300 e. The molecule has 0 bridgehead atoms. The van der Waals surface area contributed by atoms with Gasteiger partial charge >= 0.3 is 6.18 Å². The number of alkyl halides is 3. The van der Waals surface area contributed by atoms with Crippen molar-refractivity contribution in [3.05, 3.63) is 21.9 Å². The summed E-state index contributed by atoms with van der Waals surface area (Å²) in [6.45, 7) is 1.35. The first kappa shape index (κ1) is 10.2. The molecule has 0 saturated heterocycles. The van der Waals surface area contributed by atoms with Crippen LogP contribution in [0.15, 0.2) is 12.1 Å². The van der Waals surface area contributed by atoms with Crippen molar-refractivity contribution in [2.45, 2.75) is 19.5 Å². The van der Waals surface area contributed by atoms with Crippen LogP contribution in [0.2, 0.25) is 0 Å². The van der Waals surface area contributed by atoms with Gasteiger partial charge in [0.25, 0.3) is 0 Å². The summed E-state index contributed by atoms with van der Waals surface area (Å²) in [6, 6.07) is 2.35. The number of rotatable bonds is 2. The summed E-state index contributed by atoms with van der Waals surface area (Å²) in [5.41, 5.74) is 0. The summed E-state index contributed by atoms with van der Waals surface area (Å²) in [4.78, 5) is 10.4.